The van der Waals surface area contributed by atoms with Crippen LogP contribution in [0.5, 0.6) is 17.2 Å². The van der Waals surface area contributed by atoms with Crippen LogP contribution in [0, 0.1) is 0 Å². The van der Waals surface area contributed by atoms with E-state index in [1.165, 1.54) is 0 Å². The van der Waals surface area contributed by atoms with E-state index >= 15 is 0 Å². The Balaban J connectivity index is 1.65. The number of benzene rings is 2. The van der Waals surface area contributed by atoms with E-state index in [2.05, 4.69) is 5.32 Å². The van der Waals surface area contributed by atoms with E-state index in [1.54, 1.807) is 32.2 Å². The van der Waals surface area contributed by atoms with Crippen molar-refractivity contribution in [3.8, 4) is 17.2 Å². The molecule has 0 unspecified atom stereocenters. The number of methoxy groups -OCH3 is 1. The summed E-state index contributed by atoms with van der Waals surface area (Å²) in [5.74, 6) is 1.45. The highest BCUT2D eigenvalue weighted by Crippen LogP contribution is 2.35. The lowest BCUT2D eigenvalue weighted by Crippen LogP contribution is -2.48. The van der Waals surface area contributed by atoms with Crippen LogP contribution < -0.4 is 23.8 Å². The minimum atomic E-state index is -3.71. The average Bonchev–Trinajstić information content (AvgIpc) is 2.75. The molecule has 3 rings (SSSR count). The second-order valence-corrected chi connectivity index (χ2v) is 9.13. The summed E-state index contributed by atoms with van der Waals surface area (Å²) in [5.41, 5.74) is 1.41. The lowest BCUT2D eigenvalue weighted by atomic mass is 10.1. The van der Waals surface area contributed by atoms with E-state index in [1.807, 2.05) is 24.3 Å². The minimum absolute atomic E-state index is 0.350. The van der Waals surface area contributed by atoms with Crippen molar-refractivity contribution in [2.45, 2.75) is 25.8 Å². The molecule has 1 aliphatic heterocycles. The highest BCUT2D eigenvalue weighted by molar-refractivity contribution is 7.92. The summed E-state index contributed by atoms with van der Waals surface area (Å²) in [6, 6.07) is 11.6. The Kier molecular flexibility index (Phi) is 7.27. The summed E-state index contributed by atoms with van der Waals surface area (Å²) in [5, 5.41) is 2.83. The van der Waals surface area contributed by atoms with Crippen molar-refractivity contribution in [3.63, 3.8) is 0 Å². The summed E-state index contributed by atoms with van der Waals surface area (Å²) in [6.07, 6.45) is 2.51. The van der Waals surface area contributed by atoms with Gasteiger partial charge in [-0.15, -0.1) is 0 Å². The molecule has 0 aromatic heterocycles. The van der Waals surface area contributed by atoms with Gasteiger partial charge in [0.05, 0.1) is 19.1 Å². The Bertz CT molecular complexity index is 1020. The maximum Gasteiger partial charge on any atom is 0.243 e. The third kappa shape index (κ3) is 5.61. The molecule has 8 nitrogen and oxygen atoms in total. The zero-order valence-electron chi connectivity index (χ0n) is 18.0. The van der Waals surface area contributed by atoms with E-state index in [-0.39, 0.29) is 5.91 Å². The smallest absolute Gasteiger partial charge is 0.243 e. The van der Waals surface area contributed by atoms with E-state index in [9.17, 15) is 13.2 Å². The molecule has 2 aromatic carbocycles. The fraction of sp³-hybridized carbons (Fsp3) is 0.409. The molecule has 0 radical (unpaired) electrons. The van der Waals surface area contributed by atoms with E-state index in [4.69, 9.17) is 14.2 Å². The number of fused-ring (bicyclic) bond motifs is 1. The number of hydrogen-bond acceptors (Lipinski definition) is 6. The van der Waals surface area contributed by atoms with Crippen LogP contribution in [0.25, 0.3) is 0 Å². The molecule has 1 atom stereocenters. The Morgan fingerprint density at radius 3 is 2.58 bits per heavy atom. The third-order valence-electron chi connectivity index (χ3n) is 4.98. The first-order valence-corrected chi connectivity index (χ1v) is 11.9. The number of carbonyl (C=O) groups excluding carboxylic acids is 1. The Morgan fingerprint density at radius 2 is 1.87 bits per heavy atom. The topological polar surface area (TPSA) is 94.2 Å². The van der Waals surface area contributed by atoms with Gasteiger partial charge in [0, 0.05) is 12.6 Å². The van der Waals surface area contributed by atoms with Crippen molar-refractivity contribution >= 4 is 21.6 Å². The molecule has 1 N–H and O–H groups in total. The van der Waals surface area contributed by atoms with Crippen molar-refractivity contribution in [1.82, 2.24) is 5.32 Å². The van der Waals surface area contributed by atoms with Gasteiger partial charge in [-0.2, -0.15) is 0 Å². The largest absolute Gasteiger partial charge is 0.496 e. The van der Waals surface area contributed by atoms with Crippen LogP contribution in [-0.2, 0) is 21.2 Å². The first-order valence-electron chi connectivity index (χ1n) is 10.1. The summed E-state index contributed by atoms with van der Waals surface area (Å²) in [6.45, 7) is 2.81. The normalized spacial score (nSPS) is 13.9. The number of carbonyl (C=O) groups is 1. The zero-order valence-corrected chi connectivity index (χ0v) is 18.8. The van der Waals surface area contributed by atoms with Gasteiger partial charge in [0.25, 0.3) is 0 Å². The highest BCUT2D eigenvalue weighted by atomic mass is 32.2. The number of nitrogens with one attached hydrogen (secondary N) is 1. The Morgan fingerprint density at radius 1 is 1.16 bits per heavy atom. The van der Waals surface area contributed by atoms with Gasteiger partial charge in [0.2, 0.25) is 15.9 Å². The average molecular weight is 449 g/mol. The monoisotopic (exact) mass is 448 g/mol. The van der Waals surface area contributed by atoms with Crippen molar-refractivity contribution in [3.05, 3.63) is 48.0 Å². The standard InChI is InChI=1S/C22H28N2O6S/c1-16(22(25)23-12-6-8-17-7-4-5-9-19(17)28-2)24(31(3,26)27)18-10-11-20-21(15-18)30-14-13-29-20/h4-5,7,9-11,15-16H,6,8,12-14H2,1-3H3,(H,23,25)/t16-/m1/s1. The maximum atomic E-state index is 12.7. The summed E-state index contributed by atoms with van der Waals surface area (Å²) in [4.78, 5) is 12.7. The number of aryl methyl sites for hydroxylation is 1. The quantitative estimate of drug-likeness (QED) is 0.592. The number of para-hydroxylation sites is 1. The molecular formula is C22H28N2O6S. The second kappa shape index (κ2) is 9.91. The predicted octanol–water partition coefficient (Wildman–Crippen LogP) is 2.37. The lowest BCUT2D eigenvalue weighted by molar-refractivity contribution is -0.121. The molecule has 0 spiro atoms. The summed E-state index contributed by atoms with van der Waals surface area (Å²) >= 11 is 0. The molecule has 0 fully saturated rings. The van der Waals surface area contributed by atoms with Crippen LogP contribution >= 0.6 is 0 Å². The molecule has 168 valence electrons. The van der Waals surface area contributed by atoms with Crippen molar-refractivity contribution in [2.75, 3.05) is 37.4 Å². The molecule has 9 heteroatoms. The van der Waals surface area contributed by atoms with E-state index in [0.29, 0.717) is 43.4 Å². The summed E-state index contributed by atoms with van der Waals surface area (Å²) < 4.78 is 42.5. The molecule has 1 amide bonds. The number of rotatable bonds is 9. The second-order valence-electron chi connectivity index (χ2n) is 7.27. The van der Waals surface area contributed by atoms with E-state index < -0.39 is 16.1 Å². The molecule has 0 saturated heterocycles. The highest BCUT2D eigenvalue weighted by Gasteiger charge is 2.30. The fourth-order valence-electron chi connectivity index (χ4n) is 3.53. The SMILES string of the molecule is COc1ccccc1CCCNC(=O)[C@@H](C)N(c1ccc2c(c1)OCCO2)S(C)(=O)=O. The number of amides is 1. The number of sulfonamides is 1. The number of nitrogens with zero attached hydrogens (tertiary/aromatic N) is 1. The first-order chi connectivity index (χ1) is 14.8. The van der Waals surface area contributed by atoms with E-state index in [0.717, 1.165) is 28.3 Å². The summed E-state index contributed by atoms with van der Waals surface area (Å²) in [7, 11) is -2.09. The van der Waals surface area contributed by atoms with Crippen LogP contribution in [0.1, 0.15) is 18.9 Å². The molecule has 1 aliphatic rings. The van der Waals surface area contributed by atoms with Crippen LogP contribution in [0.3, 0.4) is 0 Å². The molecule has 0 saturated carbocycles. The minimum Gasteiger partial charge on any atom is -0.496 e. The lowest BCUT2D eigenvalue weighted by Gasteiger charge is -2.29. The molecule has 1 heterocycles. The third-order valence-corrected chi connectivity index (χ3v) is 6.23. The fourth-order valence-corrected chi connectivity index (χ4v) is 4.69. The van der Waals surface area contributed by atoms with Gasteiger partial charge in [0.15, 0.2) is 11.5 Å². The van der Waals surface area contributed by atoms with Gasteiger partial charge in [-0.3, -0.25) is 9.10 Å². The van der Waals surface area contributed by atoms with Gasteiger partial charge < -0.3 is 19.5 Å². The maximum absolute atomic E-state index is 12.7. The van der Waals surface area contributed by atoms with Crippen LogP contribution in [-0.4, -0.2) is 53.5 Å². The number of ether oxygens (including phenoxy) is 3. The Hall–Kier alpha value is -2.94. The molecule has 2 aromatic rings. The van der Waals surface area contributed by atoms with Crippen LogP contribution in [0.2, 0.25) is 0 Å². The predicted molar refractivity (Wildman–Crippen MR) is 119 cm³/mol. The van der Waals surface area contributed by atoms with Crippen molar-refractivity contribution < 1.29 is 27.4 Å². The zero-order chi connectivity index (χ0) is 22.4. The number of anilines is 1. The van der Waals surface area contributed by atoms with Gasteiger partial charge in [-0.05, 0) is 43.5 Å². The van der Waals surface area contributed by atoms with Crippen LogP contribution in [0.15, 0.2) is 42.5 Å². The Labute approximate surface area is 183 Å². The van der Waals surface area contributed by atoms with Gasteiger partial charge >= 0.3 is 0 Å². The number of hydrogen-bond donors (Lipinski definition) is 1. The van der Waals surface area contributed by atoms with Gasteiger partial charge in [-0.1, -0.05) is 18.2 Å². The van der Waals surface area contributed by atoms with Crippen molar-refractivity contribution in [1.29, 1.82) is 0 Å². The van der Waals surface area contributed by atoms with Gasteiger partial charge in [0.1, 0.15) is 25.0 Å². The molecule has 31 heavy (non-hydrogen) atoms. The van der Waals surface area contributed by atoms with Crippen LogP contribution in [0.4, 0.5) is 5.69 Å². The van der Waals surface area contributed by atoms with Crippen molar-refractivity contribution in [2.24, 2.45) is 0 Å². The molecule has 0 aliphatic carbocycles. The first kappa shape index (κ1) is 22.7. The van der Waals surface area contributed by atoms with Gasteiger partial charge in [-0.25, -0.2) is 8.42 Å². The molecule has 0 bridgehead atoms. The molecular weight excluding hydrogens is 420 g/mol.